The highest BCUT2D eigenvalue weighted by atomic mass is 32.2. The third-order valence-electron chi connectivity index (χ3n) is 6.53. The SMILES string of the molecule is CCCCCCCCC(CCCCCCCC)(CCCCCCCC)OS(=O)(=O)C(F)(F)F.N. The van der Waals surface area contributed by atoms with Gasteiger partial charge in [-0.25, -0.2) is 0 Å². The van der Waals surface area contributed by atoms with E-state index >= 15 is 0 Å². The summed E-state index contributed by atoms with van der Waals surface area (Å²) in [5.74, 6) is 0. The quantitative estimate of drug-likeness (QED) is 0.0830. The van der Waals surface area contributed by atoms with Gasteiger partial charge in [0.1, 0.15) is 0 Å². The molecule has 4 nitrogen and oxygen atoms in total. The van der Waals surface area contributed by atoms with Crippen LogP contribution in [0.5, 0.6) is 0 Å². The Morgan fingerprint density at radius 2 is 0.794 bits per heavy atom. The van der Waals surface area contributed by atoms with Crippen molar-refractivity contribution in [1.29, 1.82) is 0 Å². The maximum Gasteiger partial charge on any atom is 0.523 e. The molecule has 0 atom stereocenters. The van der Waals surface area contributed by atoms with Gasteiger partial charge in [0, 0.05) is 0 Å². The van der Waals surface area contributed by atoms with Crippen LogP contribution in [0.15, 0.2) is 0 Å². The molecule has 0 aromatic heterocycles. The number of hydrogen-bond acceptors (Lipinski definition) is 4. The van der Waals surface area contributed by atoms with Crippen LogP contribution in [-0.2, 0) is 14.3 Å². The van der Waals surface area contributed by atoms with Crippen molar-refractivity contribution in [3.8, 4) is 0 Å². The summed E-state index contributed by atoms with van der Waals surface area (Å²) < 4.78 is 68.9. The largest absolute Gasteiger partial charge is 0.523 e. The first kappa shape index (κ1) is 35.8. The number of hydrogen-bond donors (Lipinski definition) is 1. The topological polar surface area (TPSA) is 78.4 Å². The fourth-order valence-corrected chi connectivity index (χ4v) is 5.27. The summed E-state index contributed by atoms with van der Waals surface area (Å²) >= 11 is 0. The Kier molecular flexibility index (Phi) is 21.9. The average Bonchev–Trinajstić information content (AvgIpc) is 2.74. The molecular formula is C26H54F3NO3S. The minimum absolute atomic E-state index is 0. The first-order valence-electron chi connectivity index (χ1n) is 13.7. The number of halogens is 3. The predicted molar refractivity (Wildman–Crippen MR) is 138 cm³/mol. The fourth-order valence-electron chi connectivity index (χ4n) is 4.46. The molecule has 0 aliphatic rings. The van der Waals surface area contributed by atoms with Gasteiger partial charge in [0.15, 0.2) is 0 Å². The number of rotatable bonds is 23. The van der Waals surface area contributed by atoms with Crippen LogP contribution in [0.2, 0.25) is 0 Å². The number of alkyl halides is 3. The zero-order valence-electron chi connectivity index (χ0n) is 22.3. The molecule has 0 radical (unpaired) electrons. The maximum absolute atomic E-state index is 13.2. The van der Waals surface area contributed by atoms with E-state index in [1.165, 1.54) is 0 Å². The van der Waals surface area contributed by atoms with Crippen molar-refractivity contribution in [1.82, 2.24) is 6.15 Å². The van der Waals surface area contributed by atoms with Gasteiger partial charge in [-0.05, 0) is 19.3 Å². The fraction of sp³-hybridized carbons (Fsp3) is 1.00. The van der Waals surface area contributed by atoms with Gasteiger partial charge in [-0.1, -0.05) is 136 Å². The normalized spacial score (nSPS) is 12.6. The van der Waals surface area contributed by atoms with E-state index < -0.39 is 21.2 Å². The minimum atomic E-state index is -5.61. The van der Waals surface area contributed by atoms with Crippen molar-refractivity contribution >= 4 is 10.1 Å². The Bertz CT molecular complexity index is 513. The first-order chi connectivity index (χ1) is 15.6. The van der Waals surface area contributed by atoms with Gasteiger partial charge >= 0.3 is 15.6 Å². The standard InChI is InChI=1S/C26H51F3O3S.H3N/c1-4-7-10-13-16-19-22-25(23-20-17-14-11-8-5-2,24-21-18-15-12-9-6-3)32-33(30,31)26(27,28)29;/h4-24H2,1-3H3;1H3. The molecule has 0 aliphatic heterocycles. The van der Waals surface area contributed by atoms with Gasteiger partial charge in [0.25, 0.3) is 0 Å². The molecule has 0 aromatic rings. The lowest BCUT2D eigenvalue weighted by Gasteiger charge is -2.34. The molecule has 3 N–H and O–H groups in total. The molecule has 0 saturated carbocycles. The van der Waals surface area contributed by atoms with Gasteiger partial charge in [0.2, 0.25) is 0 Å². The lowest BCUT2D eigenvalue weighted by molar-refractivity contribution is -0.0695. The van der Waals surface area contributed by atoms with Crippen molar-refractivity contribution < 1.29 is 25.8 Å². The lowest BCUT2D eigenvalue weighted by Crippen LogP contribution is -2.40. The molecule has 34 heavy (non-hydrogen) atoms. The van der Waals surface area contributed by atoms with E-state index in [2.05, 4.69) is 20.8 Å². The van der Waals surface area contributed by atoms with Gasteiger partial charge in [0.05, 0.1) is 5.60 Å². The van der Waals surface area contributed by atoms with Gasteiger partial charge in [-0.3, -0.25) is 4.18 Å². The summed E-state index contributed by atoms with van der Waals surface area (Å²) in [6.07, 6.45) is 19.3. The second kappa shape index (κ2) is 20.8. The van der Waals surface area contributed by atoms with Crippen molar-refractivity contribution in [2.45, 2.75) is 167 Å². The summed E-state index contributed by atoms with van der Waals surface area (Å²) in [5.41, 5.74) is -6.60. The summed E-state index contributed by atoms with van der Waals surface area (Å²) in [6, 6.07) is 0. The van der Waals surface area contributed by atoms with Crippen molar-refractivity contribution in [3.05, 3.63) is 0 Å². The molecule has 208 valence electrons. The van der Waals surface area contributed by atoms with E-state index in [1.807, 2.05) is 0 Å². The molecule has 0 heterocycles. The maximum atomic E-state index is 13.2. The molecule has 0 aliphatic carbocycles. The van der Waals surface area contributed by atoms with Crippen LogP contribution < -0.4 is 6.15 Å². The van der Waals surface area contributed by atoms with E-state index in [9.17, 15) is 21.6 Å². The molecule has 0 saturated heterocycles. The monoisotopic (exact) mass is 517 g/mol. The minimum Gasteiger partial charge on any atom is -0.344 e. The summed E-state index contributed by atoms with van der Waals surface area (Å²) in [7, 11) is -5.61. The highest BCUT2D eigenvalue weighted by Crippen LogP contribution is 2.38. The van der Waals surface area contributed by atoms with Gasteiger partial charge in [-0.15, -0.1) is 0 Å². The van der Waals surface area contributed by atoms with Crippen LogP contribution in [0.3, 0.4) is 0 Å². The van der Waals surface area contributed by atoms with Crippen LogP contribution in [0, 0.1) is 0 Å². The molecule has 0 unspecified atom stereocenters. The predicted octanol–water partition coefficient (Wildman–Crippen LogP) is 10.0. The Labute approximate surface area is 208 Å². The third kappa shape index (κ3) is 17.1. The van der Waals surface area contributed by atoms with E-state index in [1.54, 1.807) is 0 Å². The molecule has 0 rings (SSSR count). The summed E-state index contributed by atoms with van der Waals surface area (Å²) in [5, 5.41) is 0. The molecule has 0 spiro atoms. The van der Waals surface area contributed by atoms with Crippen molar-refractivity contribution in [2.75, 3.05) is 0 Å². The lowest BCUT2D eigenvalue weighted by atomic mass is 9.85. The molecule has 8 heteroatoms. The number of unbranched alkanes of at least 4 members (excludes halogenated alkanes) is 15. The van der Waals surface area contributed by atoms with Crippen molar-refractivity contribution in [2.24, 2.45) is 0 Å². The van der Waals surface area contributed by atoms with Crippen LogP contribution in [0.25, 0.3) is 0 Å². The Morgan fingerprint density at radius 1 is 0.529 bits per heavy atom. The highest BCUT2D eigenvalue weighted by molar-refractivity contribution is 7.87. The molecular weight excluding hydrogens is 463 g/mol. The van der Waals surface area contributed by atoms with E-state index in [0.29, 0.717) is 38.5 Å². The summed E-state index contributed by atoms with van der Waals surface area (Å²) in [4.78, 5) is 0. The second-order valence-electron chi connectivity index (χ2n) is 9.72. The molecule has 0 fully saturated rings. The Balaban J connectivity index is 0. The highest BCUT2D eigenvalue weighted by Gasteiger charge is 2.51. The zero-order chi connectivity index (χ0) is 25.1. The molecule has 0 bridgehead atoms. The van der Waals surface area contributed by atoms with Gasteiger partial charge < -0.3 is 6.15 Å². The van der Waals surface area contributed by atoms with E-state index in [0.717, 1.165) is 96.3 Å². The second-order valence-corrected chi connectivity index (χ2v) is 11.3. The average molecular weight is 518 g/mol. The first-order valence-corrected chi connectivity index (χ1v) is 15.1. The Morgan fingerprint density at radius 3 is 1.06 bits per heavy atom. The summed E-state index contributed by atoms with van der Waals surface area (Å²) in [6.45, 7) is 6.42. The smallest absolute Gasteiger partial charge is 0.344 e. The van der Waals surface area contributed by atoms with Crippen LogP contribution in [-0.4, -0.2) is 19.5 Å². The molecule has 0 aromatic carbocycles. The van der Waals surface area contributed by atoms with Crippen molar-refractivity contribution in [3.63, 3.8) is 0 Å². The zero-order valence-corrected chi connectivity index (χ0v) is 23.1. The third-order valence-corrected chi connectivity index (χ3v) is 7.67. The Hall–Kier alpha value is -0.340. The van der Waals surface area contributed by atoms with Crippen LogP contribution >= 0.6 is 0 Å². The van der Waals surface area contributed by atoms with Crippen LogP contribution in [0.4, 0.5) is 13.2 Å². The van der Waals surface area contributed by atoms with E-state index in [-0.39, 0.29) is 6.15 Å². The van der Waals surface area contributed by atoms with Crippen LogP contribution in [0.1, 0.15) is 156 Å². The van der Waals surface area contributed by atoms with Gasteiger partial charge in [-0.2, -0.15) is 21.6 Å². The van der Waals surface area contributed by atoms with E-state index in [4.69, 9.17) is 4.18 Å². The molecule has 0 amide bonds.